The van der Waals surface area contributed by atoms with Gasteiger partial charge in [-0.2, -0.15) is 0 Å². The van der Waals surface area contributed by atoms with Crippen LogP contribution in [0.3, 0.4) is 0 Å². The van der Waals surface area contributed by atoms with E-state index in [1.807, 2.05) is 30.3 Å². The van der Waals surface area contributed by atoms with E-state index in [-0.39, 0.29) is 11.7 Å². The molecular formula is C26H22Cl2F2N2O2. The van der Waals surface area contributed by atoms with Gasteiger partial charge in [0.15, 0.2) is 0 Å². The Hall–Kier alpha value is -2.67. The molecule has 5 rings (SSSR count). The summed E-state index contributed by atoms with van der Waals surface area (Å²) in [6, 6.07) is 16.4. The molecule has 1 spiro atoms. The number of rotatable bonds is 4. The Bertz CT molecular complexity index is 1210. The Kier molecular flexibility index (Phi) is 6.23. The number of anilines is 1. The summed E-state index contributed by atoms with van der Waals surface area (Å²) < 4.78 is 33.4. The van der Waals surface area contributed by atoms with Crippen LogP contribution in [0.25, 0.3) is 11.1 Å². The minimum Gasteiger partial charge on any atom is -0.441 e. The molecule has 0 unspecified atom stereocenters. The van der Waals surface area contributed by atoms with Gasteiger partial charge in [0.05, 0.1) is 16.6 Å². The number of hydrogen-bond donors (Lipinski definition) is 0. The molecule has 2 heterocycles. The first-order valence-electron chi connectivity index (χ1n) is 11.0. The van der Waals surface area contributed by atoms with Crippen molar-refractivity contribution in [1.82, 2.24) is 4.90 Å². The second-order valence-corrected chi connectivity index (χ2v) is 9.62. The van der Waals surface area contributed by atoms with Gasteiger partial charge >= 0.3 is 6.09 Å². The zero-order valence-corrected chi connectivity index (χ0v) is 19.8. The van der Waals surface area contributed by atoms with Crippen LogP contribution in [0.1, 0.15) is 18.4 Å². The van der Waals surface area contributed by atoms with Gasteiger partial charge in [-0.25, -0.2) is 13.6 Å². The van der Waals surface area contributed by atoms with E-state index in [2.05, 4.69) is 4.90 Å². The number of para-hydroxylation sites is 1. The van der Waals surface area contributed by atoms with Gasteiger partial charge in [0.1, 0.15) is 17.2 Å². The molecule has 0 radical (unpaired) electrons. The van der Waals surface area contributed by atoms with E-state index >= 15 is 0 Å². The van der Waals surface area contributed by atoms with Crippen LogP contribution in [0.2, 0.25) is 10.0 Å². The fourth-order valence-electron chi connectivity index (χ4n) is 4.73. The molecule has 0 aliphatic carbocycles. The molecule has 4 nitrogen and oxygen atoms in total. The lowest BCUT2D eigenvalue weighted by Crippen LogP contribution is -2.46. The van der Waals surface area contributed by atoms with Gasteiger partial charge in [-0.1, -0.05) is 41.4 Å². The summed E-state index contributed by atoms with van der Waals surface area (Å²) in [6.45, 7) is 2.65. The van der Waals surface area contributed by atoms with Crippen molar-refractivity contribution in [2.45, 2.75) is 25.0 Å². The van der Waals surface area contributed by atoms with Crippen molar-refractivity contribution in [3.8, 4) is 11.1 Å². The number of benzene rings is 3. The number of nitrogens with zero attached hydrogens (tertiary/aromatic N) is 2. The molecule has 2 saturated heterocycles. The number of carbonyl (C=O) groups excluding carboxylic acids is 1. The second-order valence-electron chi connectivity index (χ2n) is 8.81. The first-order chi connectivity index (χ1) is 16.3. The van der Waals surface area contributed by atoms with Crippen molar-refractivity contribution in [3.63, 3.8) is 0 Å². The van der Waals surface area contributed by atoms with Crippen LogP contribution in [-0.2, 0) is 11.3 Å². The highest BCUT2D eigenvalue weighted by atomic mass is 35.5. The van der Waals surface area contributed by atoms with Crippen LogP contribution >= 0.6 is 23.2 Å². The van der Waals surface area contributed by atoms with Crippen LogP contribution in [0, 0.1) is 11.6 Å². The summed E-state index contributed by atoms with van der Waals surface area (Å²) in [6.07, 6.45) is 1.15. The van der Waals surface area contributed by atoms with Crippen molar-refractivity contribution in [2.75, 3.05) is 24.5 Å². The predicted octanol–water partition coefficient (Wildman–Crippen LogP) is 6.93. The summed E-state index contributed by atoms with van der Waals surface area (Å²) >= 11 is 12.9. The average molecular weight is 503 g/mol. The minimum absolute atomic E-state index is 0.161. The maximum atomic E-state index is 14.3. The van der Waals surface area contributed by atoms with Crippen molar-refractivity contribution in [1.29, 1.82) is 0 Å². The summed E-state index contributed by atoms with van der Waals surface area (Å²) in [5, 5.41) is 0.620. The number of carbonyl (C=O) groups is 1. The van der Waals surface area contributed by atoms with E-state index in [1.165, 1.54) is 12.1 Å². The van der Waals surface area contributed by atoms with Gasteiger partial charge in [-0.3, -0.25) is 9.80 Å². The van der Waals surface area contributed by atoms with Crippen molar-refractivity contribution < 1.29 is 18.3 Å². The molecule has 2 fully saturated rings. The van der Waals surface area contributed by atoms with E-state index in [1.54, 1.807) is 17.0 Å². The van der Waals surface area contributed by atoms with Crippen LogP contribution in [0.4, 0.5) is 19.3 Å². The average Bonchev–Trinajstić information content (AvgIpc) is 3.13. The highest BCUT2D eigenvalue weighted by molar-refractivity contribution is 6.39. The first kappa shape index (κ1) is 23.1. The third-order valence-corrected chi connectivity index (χ3v) is 7.11. The van der Waals surface area contributed by atoms with Gasteiger partial charge in [-0.05, 0) is 42.0 Å². The molecule has 0 bridgehead atoms. The number of piperidine rings is 1. The lowest BCUT2D eigenvalue weighted by atomic mass is 9.91. The minimum atomic E-state index is -0.714. The Morgan fingerprint density at radius 1 is 0.941 bits per heavy atom. The van der Waals surface area contributed by atoms with E-state index in [0.717, 1.165) is 43.2 Å². The molecule has 176 valence electrons. The summed E-state index contributed by atoms with van der Waals surface area (Å²) in [4.78, 5) is 16.5. The first-order valence-corrected chi connectivity index (χ1v) is 11.8. The SMILES string of the molecule is O=C1OC2(CCN(Cc3cc(Cl)c(-c4ccc(F)cc4F)c(Cl)c3)CC2)CN1c1ccccc1. The number of hydrogen-bond acceptors (Lipinski definition) is 3. The Morgan fingerprint density at radius 3 is 2.26 bits per heavy atom. The Morgan fingerprint density at radius 2 is 1.62 bits per heavy atom. The van der Waals surface area contributed by atoms with Crippen LogP contribution in [0.5, 0.6) is 0 Å². The van der Waals surface area contributed by atoms with Gasteiger partial charge in [-0.15, -0.1) is 0 Å². The molecule has 34 heavy (non-hydrogen) atoms. The monoisotopic (exact) mass is 502 g/mol. The maximum Gasteiger partial charge on any atom is 0.415 e. The number of likely N-dealkylation sites (tertiary alicyclic amines) is 1. The highest BCUT2D eigenvalue weighted by Crippen LogP contribution is 2.39. The molecule has 0 N–H and O–H groups in total. The van der Waals surface area contributed by atoms with Crippen molar-refractivity contribution in [3.05, 3.63) is 87.9 Å². The zero-order chi connectivity index (χ0) is 23.9. The number of halogens is 4. The molecule has 0 saturated carbocycles. The molecule has 3 aromatic carbocycles. The Balaban J connectivity index is 1.26. The lowest BCUT2D eigenvalue weighted by Gasteiger charge is -2.37. The van der Waals surface area contributed by atoms with Crippen molar-refractivity contribution >= 4 is 35.0 Å². The van der Waals surface area contributed by atoms with Gasteiger partial charge < -0.3 is 4.74 Å². The van der Waals surface area contributed by atoms with Gasteiger partial charge in [0, 0.05) is 55.4 Å². The summed E-state index contributed by atoms with van der Waals surface area (Å²) in [5.74, 6) is -1.37. The third-order valence-electron chi connectivity index (χ3n) is 6.51. The standard InChI is InChI=1S/C26H22Cl2F2N2O2/c27-21-12-17(13-22(28)24(21)20-7-6-18(29)14-23(20)30)15-31-10-8-26(9-11-31)16-32(25(33)34-26)19-4-2-1-3-5-19/h1-7,12-14H,8-11,15-16H2. The summed E-state index contributed by atoms with van der Waals surface area (Å²) in [7, 11) is 0. The van der Waals surface area contributed by atoms with Gasteiger partial charge in [0.25, 0.3) is 0 Å². The molecule has 3 aromatic rings. The topological polar surface area (TPSA) is 32.8 Å². The van der Waals surface area contributed by atoms with E-state index in [4.69, 9.17) is 27.9 Å². The highest BCUT2D eigenvalue weighted by Gasteiger charge is 2.47. The molecule has 2 aliphatic heterocycles. The van der Waals surface area contributed by atoms with Crippen molar-refractivity contribution in [2.24, 2.45) is 0 Å². The zero-order valence-electron chi connectivity index (χ0n) is 18.2. The normalized spacial score (nSPS) is 17.9. The predicted molar refractivity (Wildman–Crippen MR) is 129 cm³/mol. The molecular weight excluding hydrogens is 481 g/mol. The molecule has 0 aromatic heterocycles. The van der Waals surface area contributed by atoms with E-state index < -0.39 is 17.2 Å². The maximum absolute atomic E-state index is 14.3. The fourth-order valence-corrected chi connectivity index (χ4v) is 5.47. The lowest BCUT2D eigenvalue weighted by molar-refractivity contribution is -0.000971. The largest absolute Gasteiger partial charge is 0.441 e. The number of ether oxygens (including phenoxy) is 1. The van der Waals surface area contributed by atoms with E-state index in [9.17, 15) is 13.6 Å². The molecule has 0 atom stereocenters. The van der Waals surface area contributed by atoms with Crippen LogP contribution < -0.4 is 4.90 Å². The van der Waals surface area contributed by atoms with E-state index in [0.29, 0.717) is 28.7 Å². The quantitative estimate of drug-likeness (QED) is 0.387. The molecule has 1 amide bonds. The molecule has 8 heteroatoms. The van der Waals surface area contributed by atoms with Crippen LogP contribution in [0.15, 0.2) is 60.7 Å². The molecule has 2 aliphatic rings. The van der Waals surface area contributed by atoms with Crippen LogP contribution in [-0.4, -0.2) is 36.2 Å². The smallest absolute Gasteiger partial charge is 0.415 e. The number of amides is 1. The third kappa shape index (κ3) is 4.50. The second kappa shape index (κ2) is 9.17. The fraction of sp³-hybridized carbons (Fsp3) is 0.269. The van der Waals surface area contributed by atoms with Gasteiger partial charge in [0.2, 0.25) is 0 Å². The summed E-state index contributed by atoms with van der Waals surface area (Å²) in [5.41, 5.74) is 1.76. The Labute approximate surface area is 206 Å².